The highest BCUT2D eigenvalue weighted by Gasteiger charge is 2.30. The van der Waals surface area contributed by atoms with Gasteiger partial charge in [0.15, 0.2) is 0 Å². The summed E-state index contributed by atoms with van der Waals surface area (Å²) in [5, 5.41) is 0. The van der Waals surface area contributed by atoms with Crippen molar-refractivity contribution in [3.05, 3.63) is 11.5 Å². The maximum Gasteiger partial charge on any atom is 0.126 e. The molecule has 0 spiro atoms. The lowest BCUT2D eigenvalue weighted by Crippen LogP contribution is -2.07. The van der Waals surface area contributed by atoms with Crippen molar-refractivity contribution in [2.75, 3.05) is 17.2 Å². The van der Waals surface area contributed by atoms with Gasteiger partial charge in [0.2, 0.25) is 0 Å². The van der Waals surface area contributed by atoms with Crippen molar-refractivity contribution in [1.82, 2.24) is 9.55 Å². The van der Waals surface area contributed by atoms with Gasteiger partial charge in [-0.25, -0.2) is 4.98 Å². The molecule has 0 aromatic carbocycles. The van der Waals surface area contributed by atoms with Crippen LogP contribution in [0.15, 0.2) is 0 Å². The molecule has 102 valence electrons. The quantitative estimate of drug-likeness (QED) is 0.734. The van der Waals surface area contributed by atoms with Crippen molar-refractivity contribution in [3.8, 4) is 0 Å². The van der Waals surface area contributed by atoms with E-state index >= 15 is 0 Å². The van der Waals surface area contributed by atoms with Crippen LogP contribution in [0.5, 0.6) is 0 Å². The first-order valence-corrected chi connectivity index (χ1v) is 8.35. The second-order valence-electron chi connectivity index (χ2n) is 5.03. The zero-order chi connectivity index (χ0) is 13.0. The third-order valence-electron chi connectivity index (χ3n) is 3.48. The summed E-state index contributed by atoms with van der Waals surface area (Å²) >= 11 is 1.96. The predicted molar refractivity (Wildman–Crippen MR) is 80.2 cm³/mol. The molecule has 2 N–H and O–H groups in total. The number of hydrogen-bond acceptors (Lipinski definition) is 3. The van der Waals surface area contributed by atoms with Crippen LogP contribution in [0.2, 0.25) is 0 Å². The minimum absolute atomic E-state index is 0.691. The molecular weight excluding hydrogens is 242 g/mol. The summed E-state index contributed by atoms with van der Waals surface area (Å²) in [6.45, 7) is 5.47. The number of imidazole rings is 1. The Labute approximate surface area is 115 Å². The second kappa shape index (κ2) is 6.50. The van der Waals surface area contributed by atoms with E-state index in [0.717, 1.165) is 30.2 Å². The number of nitrogens with zero attached hydrogens (tertiary/aromatic N) is 2. The van der Waals surface area contributed by atoms with Gasteiger partial charge in [0.05, 0.1) is 5.69 Å². The van der Waals surface area contributed by atoms with Gasteiger partial charge in [-0.2, -0.15) is 11.8 Å². The van der Waals surface area contributed by atoms with E-state index in [1.807, 2.05) is 11.8 Å². The van der Waals surface area contributed by atoms with Crippen molar-refractivity contribution < 1.29 is 0 Å². The summed E-state index contributed by atoms with van der Waals surface area (Å²) in [5.41, 5.74) is 7.42. The van der Waals surface area contributed by atoms with E-state index in [1.165, 1.54) is 37.3 Å². The van der Waals surface area contributed by atoms with E-state index in [1.54, 1.807) is 0 Å². The number of rotatable bonds is 8. The fourth-order valence-corrected chi connectivity index (χ4v) is 2.86. The van der Waals surface area contributed by atoms with Gasteiger partial charge >= 0.3 is 0 Å². The molecule has 3 nitrogen and oxygen atoms in total. The molecule has 1 aliphatic carbocycles. The third kappa shape index (κ3) is 3.22. The van der Waals surface area contributed by atoms with Crippen molar-refractivity contribution >= 4 is 17.6 Å². The molecule has 0 atom stereocenters. The Morgan fingerprint density at radius 2 is 2.17 bits per heavy atom. The first-order chi connectivity index (χ1) is 8.77. The molecule has 0 unspecified atom stereocenters. The molecule has 0 saturated heterocycles. The number of thioether (sulfide) groups is 1. The van der Waals surface area contributed by atoms with Gasteiger partial charge in [-0.1, -0.05) is 20.3 Å². The van der Waals surface area contributed by atoms with E-state index in [0.29, 0.717) is 5.92 Å². The summed E-state index contributed by atoms with van der Waals surface area (Å²) in [6, 6.07) is 0. The summed E-state index contributed by atoms with van der Waals surface area (Å²) < 4.78 is 2.28. The Kier molecular flexibility index (Phi) is 4.98. The maximum absolute atomic E-state index is 6.28. The number of nitrogen functional groups attached to an aromatic ring is 1. The maximum atomic E-state index is 6.28. The second-order valence-corrected chi connectivity index (χ2v) is 6.42. The van der Waals surface area contributed by atoms with Crippen LogP contribution in [-0.4, -0.2) is 21.1 Å². The van der Waals surface area contributed by atoms with Gasteiger partial charge in [0, 0.05) is 18.9 Å². The molecule has 1 aromatic heterocycles. The van der Waals surface area contributed by atoms with Crippen LogP contribution in [0, 0.1) is 0 Å². The van der Waals surface area contributed by atoms with Crippen LogP contribution >= 0.6 is 11.8 Å². The Bertz CT molecular complexity index is 383. The monoisotopic (exact) mass is 267 g/mol. The first kappa shape index (κ1) is 13.8. The molecule has 1 aliphatic rings. The van der Waals surface area contributed by atoms with E-state index in [4.69, 9.17) is 10.7 Å². The normalized spacial score (nSPS) is 15.2. The Morgan fingerprint density at radius 1 is 1.39 bits per heavy atom. The highest BCUT2D eigenvalue weighted by molar-refractivity contribution is 7.99. The predicted octanol–water partition coefficient (Wildman–Crippen LogP) is 3.44. The molecule has 0 aliphatic heterocycles. The van der Waals surface area contributed by atoms with Crippen molar-refractivity contribution in [3.63, 3.8) is 0 Å². The molecule has 2 rings (SSSR count). The number of anilines is 1. The van der Waals surface area contributed by atoms with E-state index in [9.17, 15) is 0 Å². The topological polar surface area (TPSA) is 43.8 Å². The fraction of sp³-hybridized carbons (Fsp3) is 0.786. The largest absolute Gasteiger partial charge is 0.384 e. The third-order valence-corrected chi connectivity index (χ3v) is 4.38. The summed E-state index contributed by atoms with van der Waals surface area (Å²) in [5.74, 6) is 5.19. The molecule has 0 bridgehead atoms. The van der Waals surface area contributed by atoms with Crippen LogP contribution in [0.4, 0.5) is 5.82 Å². The van der Waals surface area contributed by atoms with Crippen molar-refractivity contribution in [2.45, 2.75) is 58.4 Å². The minimum atomic E-state index is 0.691. The number of aromatic nitrogens is 2. The number of unbranched alkanes of at least 4 members (excludes halogenated alkanes) is 1. The lowest BCUT2D eigenvalue weighted by Gasteiger charge is -2.08. The molecule has 4 heteroatoms. The lowest BCUT2D eigenvalue weighted by molar-refractivity contribution is 0.609. The number of aryl methyl sites for hydroxylation is 1. The standard InChI is InChI=1S/C14H25N3S/c1-3-5-9-17-13(15)12(8-10-18-4-2)16-14(17)11-6-7-11/h11H,3-10,15H2,1-2H3. The van der Waals surface area contributed by atoms with Crippen LogP contribution in [0.3, 0.4) is 0 Å². The molecule has 18 heavy (non-hydrogen) atoms. The van der Waals surface area contributed by atoms with Gasteiger partial charge in [-0.15, -0.1) is 0 Å². The zero-order valence-electron chi connectivity index (χ0n) is 11.6. The molecule has 1 saturated carbocycles. The molecular formula is C14H25N3S. The number of nitrogens with two attached hydrogens (primary N) is 1. The van der Waals surface area contributed by atoms with Gasteiger partial charge in [0.1, 0.15) is 11.6 Å². The van der Waals surface area contributed by atoms with Crippen LogP contribution < -0.4 is 5.73 Å². The van der Waals surface area contributed by atoms with Crippen LogP contribution in [0.25, 0.3) is 0 Å². The van der Waals surface area contributed by atoms with Crippen molar-refractivity contribution in [1.29, 1.82) is 0 Å². The van der Waals surface area contributed by atoms with Crippen LogP contribution in [-0.2, 0) is 13.0 Å². The zero-order valence-corrected chi connectivity index (χ0v) is 12.4. The van der Waals surface area contributed by atoms with E-state index < -0.39 is 0 Å². The first-order valence-electron chi connectivity index (χ1n) is 7.20. The molecule has 1 fully saturated rings. The van der Waals surface area contributed by atoms with Crippen molar-refractivity contribution in [2.24, 2.45) is 0 Å². The fourth-order valence-electron chi connectivity index (χ4n) is 2.24. The average molecular weight is 267 g/mol. The molecule has 0 radical (unpaired) electrons. The molecule has 0 amide bonds. The van der Waals surface area contributed by atoms with E-state index in [-0.39, 0.29) is 0 Å². The summed E-state index contributed by atoms with van der Waals surface area (Å²) in [4.78, 5) is 4.82. The Hall–Kier alpha value is -0.640. The lowest BCUT2D eigenvalue weighted by atomic mass is 10.3. The molecule has 1 heterocycles. The summed E-state index contributed by atoms with van der Waals surface area (Å²) in [7, 11) is 0. The van der Waals surface area contributed by atoms with Crippen LogP contribution in [0.1, 0.15) is 57.0 Å². The Morgan fingerprint density at radius 3 is 2.78 bits per heavy atom. The van der Waals surface area contributed by atoms with E-state index in [2.05, 4.69) is 18.4 Å². The SMILES string of the molecule is CCCCn1c(C2CC2)nc(CCSCC)c1N. The molecule has 1 aromatic rings. The van der Waals surface area contributed by atoms with Gasteiger partial charge in [-0.05, 0) is 30.8 Å². The smallest absolute Gasteiger partial charge is 0.126 e. The number of hydrogen-bond donors (Lipinski definition) is 1. The van der Waals surface area contributed by atoms with Gasteiger partial charge in [-0.3, -0.25) is 0 Å². The average Bonchev–Trinajstić information content (AvgIpc) is 3.15. The summed E-state index contributed by atoms with van der Waals surface area (Å²) in [6.07, 6.45) is 6.02. The van der Waals surface area contributed by atoms with Gasteiger partial charge in [0.25, 0.3) is 0 Å². The van der Waals surface area contributed by atoms with Gasteiger partial charge < -0.3 is 10.3 Å². The minimum Gasteiger partial charge on any atom is -0.384 e. The highest BCUT2D eigenvalue weighted by atomic mass is 32.2. The highest BCUT2D eigenvalue weighted by Crippen LogP contribution is 2.40. The Balaban J connectivity index is 2.09.